The van der Waals surface area contributed by atoms with E-state index in [0.717, 1.165) is 11.1 Å². The SMILES string of the molecule is COc1cc(N)c(C(=O)c2ccc(C)c(C)c2)cc1OC. The Morgan fingerprint density at radius 3 is 2.14 bits per heavy atom. The molecule has 2 N–H and O–H groups in total. The van der Waals surface area contributed by atoms with Crippen LogP contribution in [0.5, 0.6) is 11.5 Å². The zero-order valence-corrected chi connectivity index (χ0v) is 12.7. The van der Waals surface area contributed by atoms with E-state index in [1.54, 1.807) is 18.2 Å². The molecule has 0 amide bonds. The molecule has 4 heteroatoms. The lowest BCUT2D eigenvalue weighted by molar-refractivity contribution is 0.103. The van der Waals surface area contributed by atoms with E-state index in [1.165, 1.54) is 14.2 Å². The number of hydrogen-bond acceptors (Lipinski definition) is 4. The van der Waals surface area contributed by atoms with Gasteiger partial charge in [-0.2, -0.15) is 0 Å². The zero-order valence-electron chi connectivity index (χ0n) is 12.7. The number of ketones is 1. The van der Waals surface area contributed by atoms with Gasteiger partial charge in [-0.25, -0.2) is 0 Å². The fourth-order valence-electron chi connectivity index (χ4n) is 2.13. The summed E-state index contributed by atoms with van der Waals surface area (Å²) in [6.45, 7) is 3.98. The molecule has 0 heterocycles. The summed E-state index contributed by atoms with van der Waals surface area (Å²) in [5.74, 6) is 0.863. The molecule has 0 saturated carbocycles. The van der Waals surface area contributed by atoms with Crippen LogP contribution >= 0.6 is 0 Å². The molecule has 0 radical (unpaired) electrons. The molecule has 21 heavy (non-hydrogen) atoms. The van der Waals surface area contributed by atoms with Crippen LogP contribution in [0.3, 0.4) is 0 Å². The molecule has 0 fully saturated rings. The Kier molecular flexibility index (Phi) is 4.17. The van der Waals surface area contributed by atoms with Gasteiger partial charge < -0.3 is 15.2 Å². The Morgan fingerprint density at radius 2 is 1.57 bits per heavy atom. The summed E-state index contributed by atoms with van der Waals surface area (Å²) in [6, 6.07) is 8.83. The molecule has 0 aliphatic rings. The average Bonchev–Trinajstić information content (AvgIpc) is 2.49. The number of benzene rings is 2. The largest absolute Gasteiger partial charge is 0.493 e. The number of aryl methyl sites for hydroxylation is 2. The standard InChI is InChI=1S/C17H19NO3/c1-10-5-6-12(7-11(10)2)17(19)13-8-15(20-3)16(21-4)9-14(13)18/h5-9H,18H2,1-4H3. The first kappa shape index (κ1) is 14.9. The molecular weight excluding hydrogens is 266 g/mol. The number of ether oxygens (including phenoxy) is 2. The van der Waals surface area contributed by atoms with Crippen molar-refractivity contribution in [2.24, 2.45) is 0 Å². The van der Waals surface area contributed by atoms with E-state index < -0.39 is 0 Å². The molecule has 4 nitrogen and oxygen atoms in total. The number of nitrogens with two attached hydrogens (primary N) is 1. The van der Waals surface area contributed by atoms with Gasteiger partial charge in [0, 0.05) is 22.9 Å². The molecule has 0 atom stereocenters. The molecule has 0 aromatic heterocycles. The molecule has 2 aromatic carbocycles. The van der Waals surface area contributed by atoms with Gasteiger partial charge in [-0.05, 0) is 37.1 Å². The first-order valence-electron chi connectivity index (χ1n) is 6.61. The van der Waals surface area contributed by atoms with Crippen molar-refractivity contribution in [1.82, 2.24) is 0 Å². The van der Waals surface area contributed by atoms with Crippen LogP contribution in [0.2, 0.25) is 0 Å². The highest BCUT2D eigenvalue weighted by Crippen LogP contribution is 2.33. The lowest BCUT2D eigenvalue weighted by Gasteiger charge is -2.12. The van der Waals surface area contributed by atoms with E-state index in [0.29, 0.717) is 28.3 Å². The fraction of sp³-hybridized carbons (Fsp3) is 0.235. The van der Waals surface area contributed by atoms with Gasteiger partial charge in [0.25, 0.3) is 0 Å². The van der Waals surface area contributed by atoms with Crippen LogP contribution < -0.4 is 15.2 Å². The second kappa shape index (κ2) is 5.87. The maximum Gasteiger partial charge on any atom is 0.195 e. The maximum atomic E-state index is 12.6. The van der Waals surface area contributed by atoms with E-state index in [9.17, 15) is 4.79 Å². The average molecular weight is 285 g/mol. The highest BCUT2D eigenvalue weighted by molar-refractivity contribution is 6.12. The molecule has 0 saturated heterocycles. The Bertz CT molecular complexity index is 693. The van der Waals surface area contributed by atoms with Crippen LogP contribution in [0.25, 0.3) is 0 Å². The monoisotopic (exact) mass is 285 g/mol. The molecule has 110 valence electrons. The van der Waals surface area contributed by atoms with Gasteiger partial charge in [0.2, 0.25) is 0 Å². The predicted octanol–water partition coefficient (Wildman–Crippen LogP) is 3.13. The Labute approximate surface area is 124 Å². The minimum Gasteiger partial charge on any atom is -0.493 e. The second-order valence-corrected chi connectivity index (χ2v) is 4.92. The quantitative estimate of drug-likeness (QED) is 0.692. The third-order valence-corrected chi connectivity index (χ3v) is 3.57. The predicted molar refractivity (Wildman–Crippen MR) is 83.3 cm³/mol. The third kappa shape index (κ3) is 2.84. The maximum absolute atomic E-state index is 12.6. The van der Waals surface area contributed by atoms with Crippen LogP contribution in [0.1, 0.15) is 27.0 Å². The van der Waals surface area contributed by atoms with Crippen molar-refractivity contribution < 1.29 is 14.3 Å². The Balaban J connectivity index is 2.50. The van der Waals surface area contributed by atoms with Crippen molar-refractivity contribution in [3.8, 4) is 11.5 Å². The van der Waals surface area contributed by atoms with Crippen LogP contribution in [0.15, 0.2) is 30.3 Å². The van der Waals surface area contributed by atoms with Crippen molar-refractivity contribution in [3.63, 3.8) is 0 Å². The molecule has 0 bridgehead atoms. The van der Waals surface area contributed by atoms with Crippen LogP contribution in [0, 0.1) is 13.8 Å². The van der Waals surface area contributed by atoms with E-state index in [1.807, 2.05) is 26.0 Å². The number of carbonyl (C=O) groups excluding carboxylic acids is 1. The molecule has 0 spiro atoms. The molecule has 2 rings (SSSR count). The van der Waals surface area contributed by atoms with Crippen molar-refractivity contribution in [1.29, 1.82) is 0 Å². The third-order valence-electron chi connectivity index (χ3n) is 3.57. The van der Waals surface area contributed by atoms with Gasteiger partial charge >= 0.3 is 0 Å². The number of rotatable bonds is 4. The van der Waals surface area contributed by atoms with Crippen molar-refractivity contribution >= 4 is 11.5 Å². The first-order chi connectivity index (χ1) is 9.97. The minimum absolute atomic E-state index is 0.128. The number of methoxy groups -OCH3 is 2. The highest BCUT2D eigenvalue weighted by Gasteiger charge is 2.17. The van der Waals surface area contributed by atoms with E-state index >= 15 is 0 Å². The fourth-order valence-corrected chi connectivity index (χ4v) is 2.13. The Hall–Kier alpha value is -2.49. The van der Waals surface area contributed by atoms with Gasteiger partial charge in [0.05, 0.1) is 14.2 Å². The van der Waals surface area contributed by atoms with Gasteiger partial charge in [-0.15, -0.1) is 0 Å². The lowest BCUT2D eigenvalue weighted by Crippen LogP contribution is -2.07. The number of carbonyl (C=O) groups is 1. The molecular formula is C17H19NO3. The van der Waals surface area contributed by atoms with Crippen molar-refractivity contribution in [3.05, 3.63) is 52.6 Å². The highest BCUT2D eigenvalue weighted by atomic mass is 16.5. The smallest absolute Gasteiger partial charge is 0.195 e. The van der Waals surface area contributed by atoms with Gasteiger partial charge in [0.15, 0.2) is 17.3 Å². The number of hydrogen-bond donors (Lipinski definition) is 1. The number of anilines is 1. The zero-order chi connectivity index (χ0) is 15.6. The van der Waals surface area contributed by atoms with Gasteiger partial charge in [0.1, 0.15) is 0 Å². The topological polar surface area (TPSA) is 61.5 Å². The summed E-state index contributed by atoms with van der Waals surface area (Å²) in [6.07, 6.45) is 0. The molecule has 0 aliphatic heterocycles. The molecule has 0 aliphatic carbocycles. The summed E-state index contributed by atoms with van der Waals surface area (Å²) < 4.78 is 10.4. The summed E-state index contributed by atoms with van der Waals surface area (Å²) in [7, 11) is 3.06. The van der Waals surface area contributed by atoms with E-state index in [-0.39, 0.29) is 5.78 Å². The lowest BCUT2D eigenvalue weighted by atomic mass is 9.98. The van der Waals surface area contributed by atoms with Crippen LogP contribution in [-0.4, -0.2) is 20.0 Å². The Morgan fingerprint density at radius 1 is 0.952 bits per heavy atom. The second-order valence-electron chi connectivity index (χ2n) is 4.92. The van der Waals surface area contributed by atoms with Crippen molar-refractivity contribution in [2.75, 3.05) is 20.0 Å². The summed E-state index contributed by atoms with van der Waals surface area (Å²) >= 11 is 0. The summed E-state index contributed by atoms with van der Waals surface area (Å²) in [5.41, 5.74) is 9.58. The van der Waals surface area contributed by atoms with Crippen LogP contribution in [-0.2, 0) is 0 Å². The molecule has 2 aromatic rings. The normalized spacial score (nSPS) is 10.3. The summed E-state index contributed by atoms with van der Waals surface area (Å²) in [5, 5.41) is 0. The van der Waals surface area contributed by atoms with Gasteiger partial charge in [-0.3, -0.25) is 4.79 Å². The first-order valence-corrected chi connectivity index (χ1v) is 6.61. The van der Waals surface area contributed by atoms with E-state index in [4.69, 9.17) is 15.2 Å². The summed E-state index contributed by atoms with van der Waals surface area (Å²) in [4.78, 5) is 12.6. The van der Waals surface area contributed by atoms with E-state index in [2.05, 4.69) is 0 Å². The minimum atomic E-state index is -0.128. The molecule has 0 unspecified atom stereocenters. The number of nitrogen functional groups attached to an aromatic ring is 1. The van der Waals surface area contributed by atoms with Gasteiger partial charge in [-0.1, -0.05) is 12.1 Å². The van der Waals surface area contributed by atoms with Crippen molar-refractivity contribution in [2.45, 2.75) is 13.8 Å². The van der Waals surface area contributed by atoms with Crippen LogP contribution in [0.4, 0.5) is 5.69 Å².